The van der Waals surface area contributed by atoms with Crippen LogP contribution < -0.4 is 5.32 Å². The second-order valence-electron chi connectivity index (χ2n) is 4.20. The molecule has 0 atom stereocenters. The summed E-state index contributed by atoms with van der Waals surface area (Å²) in [5.41, 5.74) is 0.161. The molecule has 0 spiro atoms. The minimum atomic E-state index is -0.789. The number of carbonyl (C=O) groups excluding carboxylic acids is 1. The number of nitrogens with one attached hydrogen (secondary N) is 1. The van der Waals surface area contributed by atoms with E-state index in [4.69, 9.17) is 23.2 Å². The fourth-order valence-electron chi connectivity index (χ4n) is 1.73. The molecule has 1 N–H and O–H groups in total. The van der Waals surface area contributed by atoms with Gasteiger partial charge in [-0.15, -0.1) is 0 Å². The fourth-order valence-corrected chi connectivity index (χ4v) is 2.90. The van der Waals surface area contributed by atoms with E-state index in [1.807, 2.05) is 0 Å². The number of anilines is 1. The van der Waals surface area contributed by atoms with Crippen molar-refractivity contribution in [3.05, 3.63) is 51.8 Å². The molecule has 0 saturated heterocycles. The van der Waals surface area contributed by atoms with Gasteiger partial charge in [-0.05, 0) is 12.1 Å². The molecule has 3 rings (SSSR count). The SMILES string of the molecule is O=C(Nc1nc2c(F)cc(F)cc2s1)c1cnc(Cl)c(Cl)c1. The van der Waals surface area contributed by atoms with E-state index in [1.54, 1.807) is 0 Å². The average Bonchev–Trinajstić information content (AvgIpc) is 2.84. The normalized spacial score (nSPS) is 10.9. The van der Waals surface area contributed by atoms with Crippen molar-refractivity contribution < 1.29 is 13.6 Å². The molecular weight excluding hydrogens is 355 g/mol. The van der Waals surface area contributed by atoms with Gasteiger partial charge in [0.15, 0.2) is 10.9 Å². The van der Waals surface area contributed by atoms with Crippen molar-refractivity contribution in [3.8, 4) is 0 Å². The average molecular weight is 360 g/mol. The summed E-state index contributed by atoms with van der Waals surface area (Å²) in [5, 5.41) is 2.82. The lowest BCUT2D eigenvalue weighted by molar-refractivity contribution is 0.102. The number of thiazole rings is 1. The maximum absolute atomic E-state index is 13.6. The van der Waals surface area contributed by atoms with Crippen LogP contribution >= 0.6 is 34.5 Å². The minimum Gasteiger partial charge on any atom is -0.298 e. The summed E-state index contributed by atoms with van der Waals surface area (Å²) in [4.78, 5) is 19.7. The molecule has 4 nitrogen and oxygen atoms in total. The summed E-state index contributed by atoms with van der Waals surface area (Å²) in [7, 11) is 0. The zero-order valence-corrected chi connectivity index (χ0v) is 12.9. The molecule has 2 heterocycles. The molecule has 0 unspecified atom stereocenters. The molecular formula is C13H5Cl2F2N3OS. The van der Waals surface area contributed by atoms with Gasteiger partial charge in [-0.1, -0.05) is 34.5 Å². The number of carbonyl (C=O) groups is 1. The van der Waals surface area contributed by atoms with Gasteiger partial charge in [0.05, 0.1) is 15.3 Å². The summed E-state index contributed by atoms with van der Waals surface area (Å²) in [6.07, 6.45) is 1.25. The van der Waals surface area contributed by atoms with Crippen molar-refractivity contribution >= 4 is 55.8 Å². The highest BCUT2D eigenvalue weighted by Gasteiger charge is 2.14. The van der Waals surface area contributed by atoms with E-state index in [-0.39, 0.29) is 26.4 Å². The Morgan fingerprint density at radius 3 is 2.73 bits per heavy atom. The first kappa shape index (κ1) is 15.1. The highest BCUT2D eigenvalue weighted by atomic mass is 35.5. The summed E-state index contributed by atoms with van der Waals surface area (Å²) >= 11 is 12.4. The molecule has 0 radical (unpaired) electrons. The third-order valence-corrected chi connectivity index (χ3v) is 4.30. The number of hydrogen-bond donors (Lipinski definition) is 1. The van der Waals surface area contributed by atoms with Gasteiger partial charge in [0.25, 0.3) is 5.91 Å². The van der Waals surface area contributed by atoms with E-state index in [9.17, 15) is 13.6 Å². The fraction of sp³-hybridized carbons (Fsp3) is 0. The zero-order valence-electron chi connectivity index (χ0n) is 10.5. The monoisotopic (exact) mass is 359 g/mol. The van der Waals surface area contributed by atoms with Crippen molar-refractivity contribution in [2.24, 2.45) is 0 Å². The molecule has 1 amide bonds. The Morgan fingerprint density at radius 1 is 1.23 bits per heavy atom. The van der Waals surface area contributed by atoms with E-state index >= 15 is 0 Å². The van der Waals surface area contributed by atoms with Crippen molar-refractivity contribution in [1.82, 2.24) is 9.97 Å². The van der Waals surface area contributed by atoms with E-state index in [2.05, 4.69) is 15.3 Å². The largest absolute Gasteiger partial charge is 0.298 e. The van der Waals surface area contributed by atoms with Crippen molar-refractivity contribution in [2.75, 3.05) is 5.32 Å². The zero-order chi connectivity index (χ0) is 15.9. The van der Waals surface area contributed by atoms with Crippen LogP contribution in [0, 0.1) is 11.6 Å². The van der Waals surface area contributed by atoms with Gasteiger partial charge in [0.1, 0.15) is 16.5 Å². The molecule has 1 aromatic carbocycles. The smallest absolute Gasteiger partial charge is 0.259 e. The first-order valence-electron chi connectivity index (χ1n) is 5.82. The van der Waals surface area contributed by atoms with Crippen LogP contribution in [0.15, 0.2) is 24.4 Å². The Labute approximate surface area is 136 Å². The van der Waals surface area contributed by atoms with Gasteiger partial charge in [0.2, 0.25) is 0 Å². The van der Waals surface area contributed by atoms with Gasteiger partial charge >= 0.3 is 0 Å². The quantitative estimate of drug-likeness (QED) is 0.684. The topological polar surface area (TPSA) is 54.9 Å². The third kappa shape index (κ3) is 2.87. The Hall–Kier alpha value is -1.83. The van der Waals surface area contributed by atoms with Crippen LogP contribution in [0.25, 0.3) is 10.2 Å². The number of benzene rings is 1. The summed E-state index contributed by atoms with van der Waals surface area (Å²) < 4.78 is 27.0. The maximum atomic E-state index is 13.6. The summed E-state index contributed by atoms with van der Waals surface area (Å²) in [6.45, 7) is 0. The number of pyridine rings is 1. The van der Waals surface area contributed by atoms with Gasteiger partial charge in [0, 0.05) is 12.3 Å². The third-order valence-electron chi connectivity index (χ3n) is 2.69. The van der Waals surface area contributed by atoms with Crippen LogP contribution in [0.2, 0.25) is 10.2 Å². The predicted molar refractivity (Wildman–Crippen MR) is 81.7 cm³/mol. The standard InChI is InChI=1S/C13H5Cl2F2N3OS/c14-7-1-5(4-18-11(7)15)12(21)20-13-19-10-8(17)2-6(16)3-9(10)22-13/h1-4H,(H,19,20,21). The highest BCUT2D eigenvalue weighted by molar-refractivity contribution is 7.22. The van der Waals surface area contributed by atoms with Crippen molar-refractivity contribution in [3.63, 3.8) is 0 Å². The number of rotatable bonds is 2. The number of aromatic nitrogens is 2. The first-order chi connectivity index (χ1) is 10.4. The van der Waals surface area contributed by atoms with E-state index in [0.29, 0.717) is 4.70 Å². The van der Waals surface area contributed by atoms with Crippen molar-refractivity contribution in [1.29, 1.82) is 0 Å². The first-order valence-corrected chi connectivity index (χ1v) is 7.39. The lowest BCUT2D eigenvalue weighted by atomic mass is 10.3. The van der Waals surface area contributed by atoms with Gasteiger partial charge in [-0.25, -0.2) is 18.7 Å². The molecule has 9 heteroatoms. The minimum absolute atomic E-state index is 0.00559. The van der Waals surface area contributed by atoms with Crippen LogP contribution in [0.3, 0.4) is 0 Å². The summed E-state index contributed by atoms with van der Waals surface area (Å²) in [6, 6.07) is 3.22. The van der Waals surface area contributed by atoms with Gasteiger partial charge < -0.3 is 0 Å². The molecule has 3 aromatic rings. The van der Waals surface area contributed by atoms with Crippen molar-refractivity contribution in [2.45, 2.75) is 0 Å². The van der Waals surface area contributed by atoms with Crippen LogP contribution in [-0.4, -0.2) is 15.9 Å². The van der Waals surface area contributed by atoms with Crippen LogP contribution in [-0.2, 0) is 0 Å². The number of nitrogens with zero attached hydrogens (tertiary/aromatic N) is 2. The van der Waals surface area contributed by atoms with Gasteiger partial charge in [-0.3, -0.25) is 10.1 Å². The second-order valence-corrected chi connectivity index (χ2v) is 6.00. The highest BCUT2D eigenvalue weighted by Crippen LogP contribution is 2.29. The number of fused-ring (bicyclic) bond motifs is 1. The second kappa shape index (κ2) is 5.75. The molecule has 0 fully saturated rings. The Bertz CT molecular complexity index is 900. The molecule has 0 aliphatic rings. The molecule has 0 saturated carbocycles. The molecule has 0 bridgehead atoms. The molecule has 0 aliphatic heterocycles. The lowest BCUT2D eigenvalue weighted by Gasteiger charge is -2.02. The molecule has 0 aliphatic carbocycles. The van der Waals surface area contributed by atoms with Crippen LogP contribution in [0.5, 0.6) is 0 Å². The van der Waals surface area contributed by atoms with Crippen LogP contribution in [0.4, 0.5) is 13.9 Å². The van der Waals surface area contributed by atoms with E-state index in [1.165, 1.54) is 12.3 Å². The van der Waals surface area contributed by atoms with E-state index in [0.717, 1.165) is 23.5 Å². The Morgan fingerprint density at radius 2 is 2.00 bits per heavy atom. The number of amides is 1. The lowest BCUT2D eigenvalue weighted by Crippen LogP contribution is -2.12. The Kier molecular flexibility index (Phi) is 3.94. The Balaban J connectivity index is 1.90. The molecule has 22 heavy (non-hydrogen) atoms. The van der Waals surface area contributed by atoms with E-state index < -0.39 is 17.5 Å². The number of halogens is 4. The molecule has 112 valence electrons. The maximum Gasteiger partial charge on any atom is 0.259 e. The summed E-state index contributed by atoms with van der Waals surface area (Å²) in [5.74, 6) is -2.03. The molecule has 2 aromatic heterocycles. The number of hydrogen-bond acceptors (Lipinski definition) is 4. The predicted octanol–water partition coefficient (Wildman–Crippen LogP) is 4.53. The van der Waals surface area contributed by atoms with Gasteiger partial charge in [-0.2, -0.15) is 0 Å². The van der Waals surface area contributed by atoms with Crippen LogP contribution in [0.1, 0.15) is 10.4 Å².